The largest absolute Gasteiger partial charge is 0.321 e. The highest BCUT2D eigenvalue weighted by Crippen LogP contribution is 2.14. The number of nitrogens with one attached hydrogen (secondary N) is 1. The Morgan fingerprint density at radius 1 is 1.21 bits per heavy atom. The molecule has 0 aliphatic heterocycles. The minimum Gasteiger partial charge on any atom is -0.321 e. The lowest BCUT2D eigenvalue weighted by atomic mass is 10.0. The third-order valence-electron chi connectivity index (χ3n) is 3.85. The highest BCUT2D eigenvalue weighted by Gasteiger charge is 2.05. The Morgan fingerprint density at radius 3 is 2.71 bits per heavy atom. The van der Waals surface area contributed by atoms with Gasteiger partial charge in [-0.2, -0.15) is 5.10 Å². The van der Waals surface area contributed by atoms with E-state index in [0.29, 0.717) is 5.92 Å². The van der Waals surface area contributed by atoms with Crippen LogP contribution in [0.5, 0.6) is 0 Å². The van der Waals surface area contributed by atoms with E-state index in [1.54, 1.807) is 17.1 Å². The smallest absolute Gasteiger partial charge is 0.260 e. The molecule has 0 aliphatic rings. The number of hydrogen-bond acceptors (Lipinski definition) is 3. The van der Waals surface area contributed by atoms with Gasteiger partial charge in [0.25, 0.3) is 5.91 Å². The van der Waals surface area contributed by atoms with Crippen molar-refractivity contribution in [2.75, 3.05) is 0 Å². The monoisotopic (exact) mass is 320 g/mol. The summed E-state index contributed by atoms with van der Waals surface area (Å²) in [6.07, 6.45) is 3.31. The predicted octanol–water partition coefficient (Wildman–Crippen LogP) is 3.31. The maximum absolute atomic E-state index is 12.0. The Morgan fingerprint density at radius 2 is 1.96 bits per heavy atom. The molecule has 122 valence electrons. The first-order valence-corrected chi connectivity index (χ1v) is 7.95. The van der Waals surface area contributed by atoms with Crippen molar-refractivity contribution in [2.24, 2.45) is 5.10 Å². The van der Waals surface area contributed by atoms with Crippen molar-refractivity contribution in [1.82, 2.24) is 15.0 Å². The van der Waals surface area contributed by atoms with Crippen LogP contribution in [0.1, 0.15) is 30.9 Å². The van der Waals surface area contributed by atoms with E-state index in [2.05, 4.69) is 41.5 Å². The first kappa shape index (κ1) is 15.9. The van der Waals surface area contributed by atoms with Gasteiger partial charge in [-0.3, -0.25) is 4.79 Å². The van der Waals surface area contributed by atoms with E-state index in [9.17, 15) is 4.79 Å². The topological polar surface area (TPSA) is 59.3 Å². The molecule has 0 aliphatic carbocycles. The zero-order valence-electron chi connectivity index (χ0n) is 13.8. The summed E-state index contributed by atoms with van der Waals surface area (Å²) in [5.74, 6) is 0.314. The predicted molar refractivity (Wildman–Crippen MR) is 96.0 cm³/mol. The molecule has 0 bridgehead atoms. The Balaban J connectivity index is 1.59. The minimum atomic E-state index is -0.187. The lowest BCUT2D eigenvalue weighted by Crippen LogP contribution is -2.22. The Hall–Kier alpha value is -2.95. The summed E-state index contributed by atoms with van der Waals surface area (Å²) in [7, 11) is 0. The second-order valence-electron chi connectivity index (χ2n) is 5.98. The molecular weight excluding hydrogens is 300 g/mol. The van der Waals surface area contributed by atoms with Gasteiger partial charge in [-0.25, -0.2) is 10.4 Å². The Bertz CT molecular complexity index is 862. The molecule has 3 rings (SSSR count). The Labute approximate surface area is 141 Å². The van der Waals surface area contributed by atoms with Crippen LogP contribution in [0, 0.1) is 0 Å². The quantitative estimate of drug-likeness (QED) is 0.579. The lowest BCUT2D eigenvalue weighted by molar-refractivity contribution is -0.121. The van der Waals surface area contributed by atoms with Gasteiger partial charge in [-0.15, -0.1) is 0 Å². The van der Waals surface area contributed by atoms with Crippen molar-refractivity contribution in [3.63, 3.8) is 0 Å². The van der Waals surface area contributed by atoms with E-state index in [1.165, 1.54) is 5.56 Å². The highest BCUT2D eigenvalue weighted by atomic mass is 16.2. The molecule has 5 heteroatoms. The highest BCUT2D eigenvalue weighted by molar-refractivity contribution is 5.83. The maximum atomic E-state index is 12.0. The number of nitrogens with zero attached hydrogens (tertiary/aromatic N) is 3. The molecule has 1 heterocycles. The van der Waals surface area contributed by atoms with E-state index >= 15 is 0 Å². The zero-order chi connectivity index (χ0) is 16.9. The molecule has 1 N–H and O–H groups in total. The number of benzene rings is 2. The summed E-state index contributed by atoms with van der Waals surface area (Å²) in [6.45, 7) is 4.50. The van der Waals surface area contributed by atoms with Crippen LogP contribution in [0.15, 0.2) is 60.0 Å². The van der Waals surface area contributed by atoms with Gasteiger partial charge in [-0.1, -0.05) is 50.2 Å². The number of rotatable bonds is 5. The minimum absolute atomic E-state index is 0.185. The first-order valence-electron chi connectivity index (χ1n) is 7.95. The Kier molecular flexibility index (Phi) is 4.70. The summed E-state index contributed by atoms with van der Waals surface area (Å²) in [4.78, 5) is 16.3. The molecule has 0 atom stereocenters. The van der Waals surface area contributed by atoms with Gasteiger partial charge in [0.05, 0.1) is 23.6 Å². The fraction of sp³-hybridized carbons (Fsp3) is 0.211. The van der Waals surface area contributed by atoms with Crippen LogP contribution >= 0.6 is 0 Å². The molecule has 1 amide bonds. The number of fused-ring (bicyclic) bond motifs is 1. The number of hydrogen-bond donors (Lipinski definition) is 1. The van der Waals surface area contributed by atoms with E-state index in [0.717, 1.165) is 16.6 Å². The van der Waals surface area contributed by atoms with Gasteiger partial charge in [0.15, 0.2) is 0 Å². The molecule has 5 nitrogen and oxygen atoms in total. The van der Waals surface area contributed by atoms with Crippen LogP contribution in [0.3, 0.4) is 0 Å². The maximum Gasteiger partial charge on any atom is 0.260 e. The molecule has 2 aromatic carbocycles. The van der Waals surface area contributed by atoms with Crippen molar-refractivity contribution in [3.8, 4) is 0 Å². The van der Waals surface area contributed by atoms with Crippen molar-refractivity contribution < 1.29 is 4.79 Å². The molecule has 0 unspecified atom stereocenters. The molecule has 1 aromatic heterocycles. The summed E-state index contributed by atoms with van der Waals surface area (Å²) in [5, 5.41) is 4.02. The summed E-state index contributed by atoms with van der Waals surface area (Å²) < 4.78 is 1.80. The number of imidazole rings is 1. The van der Waals surface area contributed by atoms with Gasteiger partial charge in [0, 0.05) is 0 Å². The number of hydrazone groups is 1. The summed E-state index contributed by atoms with van der Waals surface area (Å²) >= 11 is 0. The normalized spacial score (nSPS) is 11.5. The number of carbonyl (C=O) groups excluding carboxylic acids is 1. The van der Waals surface area contributed by atoms with E-state index in [-0.39, 0.29) is 12.5 Å². The fourth-order valence-electron chi connectivity index (χ4n) is 2.47. The second kappa shape index (κ2) is 7.08. The molecule has 0 saturated carbocycles. The van der Waals surface area contributed by atoms with Crippen LogP contribution in [0.2, 0.25) is 0 Å². The van der Waals surface area contributed by atoms with Gasteiger partial charge in [0.2, 0.25) is 0 Å². The molecule has 24 heavy (non-hydrogen) atoms. The van der Waals surface area contributed by atoms with Crippen molar-refractivity contribution in [1.29, 1.82) is 0 Å². The number of aromatic nitrogens is 2. The van der Waals surface area contributed by atoms with Crippen molar-refractivity contribution in [3.05, 3.63) is 66.0 Å². The molecular formula is C19H20N4O. The van der Waals surface area contributed by atoms with Crippen LogP contribution in [0.4, 0.5) is 0 Å². The molecule has 0 saturated heterocycles. The van der Waals surface area contributed by atoms with E-state index < -0.39 is 0 Å². The second-order valence-corrected chi connectivity index (χ2v) is 5.98. The van der Waals surface area contributed by atoms with Crippen LogP contribution in [-0.2, 0) is 11.3 Å². The number of para-hydroxylation sites is 2. The average molecular weight is 320 g/mol. The standard InChI is InChI=1S/C19H20N4O/c1-14(2)16-9-7-15(8-10-16)11-21-22-19(24)12-23-13-20-17-5-3-4-6-18(17)23/h3-11,13-14H,12H2,1-2H3,(H,22,24)/b21-11+. The SMILES string of the molecule is CC(C)c1ccc(/C=N/NC(=O)Cn2cnc3ccccc32)cc1. The van der Waals surface area contributed by atoms with E-state index in [4.69, 9.17) is 0 Å². The molecule has 0 spiro atoms. The molecule has 3 aromatic rings. The fourth-order valence-corrected chi connectivity index (χ4v) is 2.47. The third kappa shape index (κ3) is 3.68. The lowest BCUT2D eigenvalue weighted by Gasteiger charge is -2.05. The van der Waals surface area contributed by atoms with Gasteiger partial charge in [0.1, 0.15) is 6.54 Å². The van der Waals surface area contributed by atoms with Gasteiger partial charge in [-0.05, 0) is 29.2 Å². The molecule has 0 radical (unpaired) electrons. The summed E-state index contributed by atoms with van der Waals surface area (Å²) in [5.41, 5.74) is 6.59. The van der Waals surface area contributed by atoms with Crippen molar-refractivity contribution >= 4 is 23.2 Å². The number of carbonyl (C=O) groups is 1. The van der Waals surface area contributed by atoms with Crippen LogP contribution in [0.25, 0.3) is 11.0 Å². The van der Waals surface area contributed by atoms with E-state index in [1.807, 2.05) is 36.4 Å². The summed E-state index contributed by atoms with van der Waals surface area (Å²) in [6, 6.07) is 15.9. The molecule has 0 fully saturated rings. The zero-order valence-corrected chi connectivity index (χ0v) is 13.8. The van der Waals surface area contributed by atoms with Crippen LogP contribution < -0.4 is 5.43 Å². The average Bonchev–Trinajstić information content (AvgIpc) is 2.98. The number of amides is 1. The van der Waals surface area contributed by atoms with Gasteiger partial charge >= 0.3 is 0 Å². The van der Waals surface area contributed by atoms with Crippen LogP contribution in [-0.4, -0.2) is 21.7 Å². The third-order valence-corrected chi connectivity index (χ3v) is 3.85. The van der Waals surface area contributed by atoms with Crippen molar-refractivity contribution in [2.45, 2.75) is 26.3 Å². The van der Waals surface area contributed by atoms with Gasteiger partial charge < -0.3 is 4.57 Å². The first-order chi connectivity index (χ1) is 11.6.